The van der Waals surface area contributed by atoms with Crippen molar-refractivity contribution in [2.45, 2.75) is 29.1 Å². The zero-order valence-corrected chi connectivity index (χ0v) is 26.1. The monoisotopic (exact) mass is 626 g/mol. The zero-order chi connectivity index (χ0) is 26.9. The average molecular weight is 627 g/mol. The van der Waals surface area contributed by atoms with E-state index >= 15 is 0 Å². The van der Waals surface area contributed by atoms with Gasteiger partial charge in [-0.3, -0.25) is 19.3 Å². The van der Waals surface area contributed by atoms with Crippen molar-refractivity contribution in [3.05, 3.63) is 32.9 Å². The Labute approximate surface area is 261 Å². The van der Waals surface area contributed by atoms with Crippen LogP contribution in [0.1, 0.15) is 17.7 Å². The van der Waals surface area contributed by atoms with Crippen molar-refractivity contribution in [3.8, 4) is 0 Å². The molecule has 0 bridgehead atoms. The summed E-state index contributed by atoms with van der Waals surface area (Å²) in [6.45, 7) is 1.72. The van der Waals surface area contributed by atoms with Gasteiger partial charge in [0.2, 0.25) is 0 Å². The fourth-order valence-corrected chi connectivity index (χ4v) is 7.87. The molecule has 0 saturated carbocycles. The number of nitrogens with one attached hydrogen (secondary N) is 1. The summed E-state index contributed by atoms with van der Waals surface area (Å²) in [6.07, 6.45) is -0.132. The molecule has 4 rings (SSSR count). The van der Waals surface area contributed by atoms with Gasteiger partial charge in [0.05, 0.1) is 12.1 Å². The van der Waals surface area contributed by atoms with E-state index in [4.69, 9.17) is 15.7 Å². The number of thiazole rings is 2. The Bertz CT molecular complexity index is 1350. The third kappa shape index (κ3) is 7.12. The van der Waals surface area contributed by atoms with E-state index in [0.717, 1.165) is 11.3 Å². The maximum Gasteiger partial charge on any atom is 1.00 e. The summed E-state index contributed by atoms with van der Waals surface area (Å²) in [5.74, 6) is -2.89. The molecule has 2 aromatic rings. The molecule has 2 aliphatic rings. The summed E-state index contributed by atoms with van der Waals surface area (Å²) in [7, 11) is 1.26. The second kappa shape index (κ2) is 13.9. The van der Waals surface area contributed by atoms with E-state index < -0.39 is 35.2 Å². The molecule has 0 unspecified atom stereocenters. The number of carbonyl (C=O) groups is 4. The van der Waals surface area contributed by atoms with Gasteiger partial charge in [0, 0.05) is 21.8 Å². The van der Waals surface area contributed by atoms with Gasteiger partial charge in [0.15, 0.2) is 15.2 Å². The van der Waals surface area contributed by atoms with Crippen LogP contribution >= 0.6 is 46.2 Å². The smallest absolute Gasteiger partial charge is 1.00 e. The first kappa shape index (κ1) is 33.0. The van der Waals surface area contributed by atoms with Crippen molar-refractivity contribution in [1.29, 1.82) is 0 Å². The molecule has 2 atom stereocenters. The molecule has 0 spiro atoms. The Balaban J connectivity index is 0.00000267. The summed E-state index contributed by atoms with van der Waals surface area (Å²) in [5.41, 5.74) is 6.70. The van der Waals surface area contributed by atoms with Gasteiger partial charge in [-0.05, 0) is 12.5 Å². The Morgan fingerprint density at radius 1 is 1.36 bits per heavy atom. The number of oxime groups is 1. The van der Waals surface area contributed by atoms with Crippen molar-refractivity contribution in [1.82, 2.24) is 20.2 Å². The standard InChI is InChI=1S/C20H20N6O7S4.Na.H2O.H/c1-7-10(3-11(27)28)37-20(22-7)36-5-8-4-34-17-13(16(30)26(17)14(8)18(31)32)24-15(29)12(25-33-2)9-6-35-19(21)23-9;;;/h6,13,17H,3-5H2,1-2H3,(H2,21,23)(H,24,29)(H,27,28)(H,31,32);;1H2;/q;+1;;-1/b25-12-;;;/t13-,17-;;;/m1.../s1. The first-order chi connectivity index (χ1) is 17.6. The summed E-state index contributed by atoms with van der Waals surface area (Å²) < 4.78 is 0.617. The molecule has 1 fully saturated rings. The molecule has 206 valence electrons. The zero-order valence-electron chi connectivity index (χ0n) is 21.8. The number of carboxylic acid groups (broad SMARTS) is 2. The number of aryl methyl sites for hydroxylation is 1. The van der Waals surface area contributed by atoms with E-state index in [1.807, 2.05) is 0 Å². The molecule has 0 aromatic carbocycles. The van der Waals surface area contributed by atoms with Crippen LogP contribution in [0.15, 0.2) is 26.1 Å². The first-order valence-corrected chi connectivity index (χ1v) is 14.2. The van der Waals surface area contributed by atoms with Crippen LogP contribution in [-0.4, -0.2) is 90.1 Å². The molecule has 1 saturated heterocycles. The molecule has 39 heavy (non-hydrogen) atoms. The molecule has 7 N–H and O–H groups in total. The van der Waals surface area contributed by atoms with Crippen LogP contribution < -0.4 is 40.6 Å². The maximum absolute atomic E-state index is 13.0. The number of nitrogens with zero attached hydrogens (tertiary/aromatic N) is 4. The number of carbonyl (C=O) groups excluding carboxylic acids is 2. The number of anilines is 1. The summed E-state index contributed by atoms with van der Waals surface area (Å²) in [5, 5.41) is 26.3. The van der Waals surface area contributed by atoms with E-state index in [9.17, 15) is 24.3 Å². The third-order valence-corrected chi connectivity index (χ3v) is 9.65. The molecule has 0 aliphatic carbocycles. The van der Waals surface area contributed by atoms with Gasteiger partial charge in [0.25, 0.3) is 11.8 Å². The number of nitrogen functional groups attached to an aromatic ring is 1. The predicted octanol–water partition coefficient (Wildman–Crippen LogP) is -2.71. The van der Waals surface area contributed by atoms with Crippen LogP contribution in [-0.2, 0) is 30.4 Å². The number of aromatic nitrogens is 2. The Morgan fingerprint density at radius 2 is 2.08 bits per heavy atom. The van der Waals surface area contributed by atoms with Crippen LogP contribution in [0.2, 0.25) is 0 Å². The maximum atomic E-state index is 13.0. The number of amides is 2. The van der Waals surface area contributed by atoms with Crippen molar-refractivity contribution < 1.29 is 70.7 Å². The van der Waals surface area contributed by atoms with E-state index in [-0.39, 0.29) is 70.9 Å². The summed E-state index contributed by atoms with van der Waals surface area (Å²) in [4.78, 5) is 63.9. The third-order valence-electron chi connectivity index (χ3n) is 5.25. The van der Waals surface area contributed by atoms with Gasteiger partial charge in [-0.1, -0.05) is 16.9 Å². The number of aliphatic carboxylic acids is 2. The number of hydrogen-bond acceptors (Lipinski definition) is 13. The molecule has 19 heteroatoms. The van der Waals surface area contributed by atoms with Gasteiger partial charge in [-0.15, -0.1) is 34.4 Å². The van der Waals surface area contributed by atoms with Crippen LogP contribution in [0.3, 0.4) is 0 Å². The minimum atomic E-state index is -1.25. The Hall–Kier alpha value is -2.19. The number of nitrogens with two attached hydrogens (primary N) is 1. The number of carboxylic acids is 2. The minimum Gasteiger partial charge on any atom is -1.00 e. The van der Waals surface area contributed by atoms with E-state index in [2.05, 4.69) is 20.4 Å². The number of β-lactam (4-membered cyclic amide) rings is 1. The quantitative estimate of drug-likeness (QED) is 0.0694. The fraction of sp³-hybridized carbons (Fsp3) is 0.350. The van der Waals surface area contributed by atoms with Crippen LogP contribution in [0.4, 0.5) is 5.13 Å². The molecule has 4 heterocycles. The predicted molar refractivity (Wildman–Crippen MR) is 143 cm³/mol. The van der Waals surface area contributed by atoms with E-state index in [1.165, 1.54) is 52.3 Å². The van der Waals surface area contributed by atoms with Gasteiger partial charge < -0.3 is 33.0 Å². The normalized spacial score (nSPS) is 18.4. The van der Waals surface area contributed by atoms with Gasteiger partial charge in [-0.2, -0.15) is 0 Å². The van der Waals surface area contributed by atoms with Crippen molar-refractivity contribution in [2.75, 3.05) is 24.3 Å². The SMILES string of the molecule is CO/N=C(\C(=O)N[C@@H]1C(=O)N2C(C(=O)O)=C(CSc3nc(C)c(CC(=O)O)s3)CS[C@H]12)c1csc(N)n1.O.[H-].[Na+]. The summed E-state index contributed by atoms with van der Waals surface area (Å²) in [6, 6.07) is -0.959. The molecule has 2 aliphatic heterocycles. The van der Waals surface area contributed by atoms with Crippen molar-refractivity contribution in [3.63, 3.8) is 0 Å². The number of thioether (sulfide) groups is 2. The van der Waals surface area contributed by atoms with Gasteiger partial charge >= 0.3 is 41.5 Å². The Morgan fingerprint density at radius 3 is 2.67 bits per heavy atom. The van der Waals surface area contributed by atoms with Gasteiger partial charge in [0.1, 0.15) is 29.9 Å². The molecule has 14 nitrogen and oxygen atoms in total. The number of fused-ring (bicyclic) bond motifs is 1. The van der Waals surface area contributed by atoms with E-state index in [0.29, 0.717) is 26.2 Å². The van der Waals surface area contributed by atoms with Gasteiger partial charge in [-0.25, -0.2) is 14.8 Å². The summed E-state index contributed by atoms with van der Waals surface area (Å²) >= 11 is 4.98. The first-order valence-electron chi connectivity index (χ1n) is 10.4. The molecule has 0 radical (unpaired) electrons. The second-order valence-electron chi connectivity index (χ2n) is 7.66. The van der Waals surface area contributed by atoms with Crippen LogP contribution in [0.25, 0.3) is 0 Å². The van der Waals surface area contributed by atoms with Crippen molar-refractivity contribution >= 4 is 80.8 Å². The number of hydrogen-bond donors (Lipinski definition) is 4. The number of rotatable bonds is 10. The molecular formula is C20H23N6NaO8S4. The Kier molecular flexibility index (Phi) is 11.8. The molecular weight excluding hydrogens is 604 g/mol. The van der Waals surface area contributed by atoms with Crippen LogP contribution in [0, 0.1) is 6.92 Å². The molecule has 2 aromatic heterocycles. The van der Waals surface area contributed by atoms with Crippen molar-refractivity contribution in [2.24, 2.45) is 5.16 Å². The fourth-order valence-electron chi connectivity index (χ4n) is 3.61. The minimum absolute atomic E-state index is 0. The largest absolute Gasteiger partial charge is 1.00 e. The molecule has 2 amide bonds. The second-order valence-corrected chi connectivity index (χ2v) is 12.0. The van der Waals surface area contributed by atoms with Crippen LogP contribution in [0.5, 0.6) is 0 Å². The topological polar surface area (TPSA) is 229 Å². The van der Waals surface area contributed by atoms with E-state index in [1.54, 1.807) is 6.92 Å². The average Bonchev–Trinajstić information content (AvgIpc) is 3.42.